The summed E-state index contributed by atoms with van der Waals surface area (Å²) in [6.45, 7) is 7.14. The van der Waals surface area contributed by atoms with Crippen molar-refractivity contribution in [2.45, 2.75) is 39.3 Å². The van der Waals surface area contributed by atoms with Crippen LogP contribution in [0.1, 0.15) is 25.5 Å². The van der Waals surface area contributed by atoms with Gasteiger partial charge in [-0.15, -0.1) is 0 Å². The Morgan fingerprint density at radius 2 is 2.30 bits per heavy atom. The zero-order valence-corrected chi connectivity index (χ0v) is 12.0. The summed E-state index contributed by atoms with van der Waals surface area (Å²) in [6, 6.07) is 0.462. The van der Waals surface area contributed by atoms with Gasteiger partial charge in [-0.2, -0.15) is 5.10 Å². The summed E-state index contributed by atoms with van der Waals surface area (Å²) >= 11 is 0. The molecule has 20 heavy (non-hydrogen) atoms. The molecule has 1 aromatic rings. The van der Waals surface area contributed by atoms with Gasteiger partial charge in [0.2, 0.25) is 5.82 Å². The van der Waals surface area contributed by atoms with Crippen molar-refractivity contribution in [2.24, 2.45) is 5.92 Å². The molecule has 2 saturated heterocycles. The number of aryl methyl sites for hydroxylation is 2. The first kappa shape index (κ1) is 13.4. The van der Waals surface area contributed by atoms with Crippen LogP contribution in [0.4, 0.5) is 11.5 Å². The maximum atomic E-state index is 11.4. The summed E-state index contributed by atoms with van der Waals surface area (Å²) in [5.74, 6) is 1.29. The first-order valence-corrected chi connectivity index (χ1v) is 7.32. The van der Waals surface area contributed by atoms with Gasteiger partial charge in [-0.1, -0.05) is 0 Å². The molecule has 110 valence electrons. The Kier molecular flexibility index (Phi) is 3.37. The Morgan fingerprint density at radius 1 is 1.50 bits per heavy atom. The van der Waals surface area contributed by atoms with Crippen molar-refractivity contribution in [1.82, 2.24) is 15.1 Å². The highest BCUT2D eigenvalue weighted by atomic mass is 16.6. The lowest BCUT2D eigenvalue weighted by Gasteiger charge is -2.24. The van der Waals surface area contributed by atoms with Crippen LogP contribution in [-0.2, 0) is 6.54 Å². The Labute approximate surface area is 118 Å². The van der Waals surface area contributed by atoms with Crippen molar-refractivity contribution in [1.29, 1.82) is 0 Å². The highest BCUT2D eigenvalue weighted by molar-refractivity contribution is 5.62. The van der Waals surface area contributed by atoms with Crippen molar-refractivity contribution in [3.8, 4) is 0 Å². The van der Waals surface area contributed by atoms with Crippen LogP contribution in [0, 0.1) is 23.0 Å². The van der Waals surface area contributed by atoms with E-state index in [0.29, 0.717) is 30.0 Å². The topological polar surface area (TPSA) is 76.2 Å². The molecule has 0 aromatic carbocycles. The van der Waals surface area contributed by atoms with Gasteiger partial charge in [-0.05, 0) is 39.2 Å². The Morgan fingerprint density at radius 3 is 2.95 bits per heavy atom. The van der Waals surface area contributed by atoms with E-state index in [1.54, 1.807) is 11.6 Å². The third-order valence-corrected chi connectivity index (χ3v) is 4.45. The Hall–Kier alpha value is -1.63. The van der Waals surface area contributed by atoms with Gasteiger partial charge in [-0.25, -0.2) is 4.68 Å². The van der Waals surface area contributed by atoms with E-state index in [4.69, 9.17) is 0 Å². The molecule has 1 aromatic heterocycles. The molecule has 0 bridgehead atoms. The number of nitrogens with zero attached hydrogens (tertiary/aromatic N) is 4. The molecule has 0 radical (unpaired) electrons. The van der Waals surface area contributed by atoms with Gasteiger partial charge in [0.1, 0.15) is 5.69 Å². The second kappa shape index (κ2) is 5.05. The third-order valence-electron chi connectivity index (χ3n) is 4.45. The van der Waals surface area contributed by atoms with Crippen molar-refractivity contribution >= 4 is 11.5 Å². The number of rotatable bonds is 3. The maximum Gasteiger partial charge on any atom is 0.333 e. The lowest BCUT2D eigenvalue weighted by molar-refractivity contribution is -0.384. The number of aromatic nitrogens is 2. The molecule has 2 aliphatic heterocycles. The molecule has 3 rings (SSSR count). The zero-order valence-electron chi connectivity index (χ0n) is 12.0. The third kappa shape index (κ3) is 2.06. The second-order valence-electron chi connectivity index (χ2n) is 5.70. The molecule has 0 saturated carbocycles. The van der Waals surface area contributed by atoms with Gasteiger partial charge in [0.15, 0.2) is 0 Å². The van der Waals surface area contributed by atoms with Crippen LogP contribution in [-0.4, -0.2) is 40.4 Å². The normalized spacial score (nSPS) is 25.8. The van der Waals surface area contributed by atoms with Crippen molar-refractivity contribution in [3.63, 3.8) is 0 Å². The lowest BCUT2D eigenvalue weighted by Crippen LogP contribution is -2.40. The summed E-state index contributed by atoms with van der Waals surface area (Å²) < 4.78 is 1.77. The summed E-state index contributed by atoms with van der Waals surface area (Å²) in [4.78, 5) is 13.2. The summed E-state index contributed by atoms with van der Waals surface area (Å²) in [5.41, 5.74) is 0.681. The standard InChI is InChI=1S/C13H21N5O2/c1-3-17-13(12(18(19)20)9(2)15-17)16-7-10-5-4-6-14-11(10)8-16/h10-11,14H,3-8H2,1-2H3/t10-,11+/m0/s1. The number of fused-ring (bicyclic) bond motifs is 1. The van der Waals surface area contributed by atoms with Crippen molar-refractivity contribution < 1.29 is 4.92 Å². The molecule has 2 fully saturated rings. The monoisotopic (exact) mass is 279 g/mol. The lowest BCUT2D eigenvalue weighted by atomic mass is 9.94. The van der Waals surface area contributed by atoms with Crippen LogP contribution in [0.3, 0.4) is 0 Å². The van der Waals surface area contributed by atoms with Crippen molar-refractivity contribution in [2.75, 3.05) is 24.5 Å². The van der Waals surface area contributed by atoms with Gasteiger partial charge in [0, 0.05) is 25.7 Å². The summed E-state index contributed by atoms with van der Waals surface area (Å²) in [7, 11) is 0. The summed E-state index contributed by atoms with van der Waals surface area (Å²) in [6.07, 6.45) is 2.41. The van der Waals surface area contributed by atoms with E-state index in [-0.39, 0.29) is 10.6 Å². The minimum absolute atomic E-state index is 0.172. The van der Waals surface area contributed by atoms with Crippen molar-refractivity contribution in [3.05, 3.63) is 15.8 Å². The Bertz CT molecular complexity index is 513. The quantitative estimate of drug-likeness (QED) is 0.667. The highest BCUT2D eigenvalue weighted by Crippen LogP contribution is 2.36. The van der Waals surface area contributed by atoms with E-state index < -0.39 is 0 Å². The number of anilines is 1. The largest absolute Gasteiger partial charge is 0.349 e. The number of hydrogen-bond donors (Lipinski definition) is 1. The predicted molar refractivity (Wildman–Crippen MR) is 76.0 cm³/mol. The van der Waals surface area contributed by atoms with Gasteiger partial charge in [-0.3, -0.25) is 10.1 Å². The summed E-state index contributed by atoms with van der Waals surface area (Å²) in [5, 5.41) is 19.2. The number of piperidine rings is 1. The molecular formula is C13H21N5O2. The first-order valence-electron chi connectivity index (χ1n) is 7.32. The molecule has 7 heteroatoms. The number of nitro groups is 1. The highest BCUT2D eigenvalue weighted by Gasteiger charge is 2.39. The molecule has 0 aliphatic carbocycles. The molecule has 7 nitrogen and oxygen atoms in total. The van der Waals surface area contributed by atoms with E-state index in [1.165, 1.54) is 12.8 Å². The van der Waals surface area contributed by atoms with Crippen LogP contribution in [0.2, 0.25) is 0 Å². The maximum absolute atomic E-state index is 11.4. The van der Waals surface area contributed by atoms with Crippen LogP contribution >= 0.6 is 0 Å². The first-order chi connectivity index (χ1) is 9.61. The van der Waals surface area contributed by atoms with E-state index in [9.17, 15) is 10.1 Å². The minimum atomic E-state index is -0.292. The van der Waals surface area contributed by atoms with E-state index in [2.05, 4.69) is 15.3 Å². The molecular weight excluding hydrogens is 258 g/mol. The van der Waals surface area contributed by atoms with Crippen LogP contribution in [0.15, 0.2) is 0 Å². The average molecular weight is 279 g/mol. The molecule has 0 unspecified atom stereocenters. The number of hydrogen-bond acceptors (Lipinski definition) is 5. The SMILES string of the molecule is CCn1nc(C)c([N+](=O)[O-])c1N1C[C@@H]2CCCN[C@@H]2C1. The molecule has 0 amide bonds. The van der Waals surface area contributed by atoms with Gasteiger partial charge < -0.3 is 10.2 Å². The van der Waals surface area contributed by atoms with Gasteiger partial charge in [0.25, 0.3) is 0 Å². The minimum Gasteiger partial charge on any atom is -0.349 e. The fourth-order valence-electron chi connectivity index (χ4n) is 3.53. The fraction of sp³-hybridized carbons (Fsp3) is 0.769. The number of nitrogens with one attached hydrogen (secondary N) is 1. The zero-order chi connectivity index (χ0) is 14.3. The van der Waals surface area contributed by atoms with E-state index in [0.717, 1.165) is 19.6 Å². The second-order valence-corrected chi connectivity index (χ2v) is 5.70. The molecule has 0 spiro atoms. The smallest absolute Gasteiger partial charge is 0.333 e. The molecule has 1 N–H and O–H groups in total. The van der Waals surface area contributed by atoms with E-state index >= 15 is 0 Å². The van der Waals surface area contributed by atoms with Crippen LogP contribution in [0.5, 0.6) is 0 Å². The van der Waals surface area contributed by atoms with E-state index in [1.807, 2.05) is 6.92 Å². The molecule has 2 atom stereocenters. The fourth-order valence-corrected chi connectivity index (χ4v) is 3.53. The van der Waals surface area contributed by atoms with Crippen LogP contribution < -0.4 is 10.2 Å². The van der Waals surface area contributed by atoms with Gasteiger partial charge in [0.05, 0.1) is 4.92 Å². The van der Waals surface area contributed by atoms with Gasteiger partial charge >= 0.3 is 5.69 Å². The predicted octanol–water partition coefficient (Wildman–Crippen LogP) is 1.31. The molecule has 2 aliphatic rings. The average Bonchev–Trinajstić information content (AvgIpc) is 2.98. The Balaban J connectivity index is 1.95. The molecule has 3 heterocycles. The van der Waals surface area contributed by atoms with Crippen LogP contribution in [0.25, 0.3) is 0 Å².